The van der Waals surface area contributed by atoms with Crippen LogP contribution >= 0.6 is 0 Å². The van der Waals surface area contributed by atoms with Crippen molar-refractivity contribution in [2.45, 2.75) is 61.4 Å². The summed E-state index contributed by atoms with van der Waals surface area (Å²) < 4.78 is 33.4. The Kier molecular flexibility index (Phi) is 9.10. The third-order valence-electron chi connectivity index (χ3n) is 7.36. The lowest BCUT2D eigenvalue weighted by Crippen LogP contribution is -2.65. The fourth-order valence-corrected chi connectivity index (χ4v) is 4.92. The van der Waals surface area contributed by atoms with E-state index < -0.39 is 74.6 Å². The Balaban J connectivity index is 1.41. The second-order valence-electron chi connectivity index (χ2n) is 9.99. The predicted molar refractivity (Wildman–Crippen MR) is 142 cm³/mol. The third kappa shape index (κ3) is 5.74. The van der Waals surface area contributed by atoms with Crippen LogP contribution in [0.3, 0.4) is 0 Å². The van der Waals surface area contributed by atoms with Crippen LogP contribution in [0.4, 0.5) is 0 Å². The van der Waals surface area contributed by atoms with Crippen molar-refractivity contribution in [2.24, 2.45) is 0 Å². The molecule has 42 heavy (non-hydrogen) atoms. The van der Waals surface area contributed by atoms with Gasteiger partial charge in [0.05, 0.1) is 31.3 Å². The maximum Gasteiger partial charge on any atom is 0.229 e. The van der Waals surface area contributed by atoms with Crippen LogP contribution in [0.5, 0.6) is 11.5 Å². The zero-order valence-electron chi connectivity index (χ0n) is 22.3. The fourth-order valence-electron chi connectivity index (χ4n) is 4.92. The van der Waals surface area contributed by atoms with Crippen molar-refractivity contribution < 1.29 is 63.8 Å². The van der Waals surface area contributed by atoms with Crippen LogP contribution in [0.15, 0.2) is 57.9 Å². The van der Waals surface area contributed by atoms with Crippen LogP contribution in [0.2, 0.25) is 0 Å². The fraction of sp³-hybridized carbons (Fsp3) is 0.464. The molecule has 0 radical (unpaired) electrons. The van der Waals surface area contributed by atoms with E-state index in [0.29, 0.717) is 16.9 Å². The van der Waals surface area contributed by atoms with Gasteiger partial charge in [0.1, 0.15) is 66.1 Å². The second-order valence-corrected chi connectivity index (χ2v) is 9.99. The highest BCUT2D eigenvalue weighted by Crippen LogP contribution is 2.32. The maximum atomic E-state index is 13.2. The largest absolute Gasteiger partial charge is 0.497 e. The maximum absolute atomic E-state index is 13.2. The van der Waals surface area contributed by atoms with Crippen LogP contribution in [-0.4, -0.2) is 117 Å². The first-order valence-corrected chi connectivity index (χ1v) is 13.1. The van der Waals surface area contributed by atoms with Gasteiger partial charge in [-0.1, -0.05) is 12.1 Å². The first kappa shape index (κ1) is 30.3. The standard InChI is InChI=1S/C28H32O14/c1-37-13-4-2-12(3-5-13)16-11-38-17-8-14(6-7-15(17)20(16)31)39-28-26(24(35)22(33)19(10-30)41-28)42-27-25(36)23(34)21(32)18(9-29)40-27/h2-8,11,18-19,21-30,32-36H,9-10H2,1H3/t18-,19+,21-,22+,23+,24-,25-,26+,27+,28+/m0/s1. The van der Waals surface area contributed by atoms with Gasteiger partial charge in [0.25, 0.3) is 0 Å². The van der Waals surface area contributed by atoms with E-state index in [4.69, 9.17) is 28.1 Å². The Labute approximate surface area is 238 Å². The monoisotopic (exact) mass is 592 g/mol. The smallest absolute Gasteiger partial charge is 0.229 e. The zero-order valence-corrected chi connectivity index (χ0v) is 22.3. The number of hydrogen-bond acceptors (Lipinski definition) is 14. The van der Waals surface area contributed by atoms with Crippen LogP contribution < -0.4 is 14.9 Å². The molecule has 2 fully saturated rings. The molecule has 2 aliphatic rings. The lowest BCUT2D eigenvalue weighted by atomic mass is 9.97. The van der Waals surface area contributed by atoms with Gasteiger partial charge in [0.15, 0.2) is 17.8 Å². The molecule has 2 aliphatic heterocycles. The molecular weight excluding hydrogens is 560 g/mol. The van der Waals surface area contributed by atoms with E-state index in [9.17, 15) is 40.5 Å². The van der Waals surface area contributed by atoms with Gasteiger partial charge >= 0.3 is 0 Å². The van der Waals surface area contributed by atoms with Crippen molar-refractivity contribution in [1.29, 1.82) is 0 Å². The van der Waals surface area contributed by atoms with Gasteiger partial charge in [-0.05, 0) is 29.8 Å². The van der Waals surface area contributed by atoms with E-state index in [1.165, 1.54) is 31.6 Å². The van der Waals surface area contributed by atoms with Gasteiger partial charge in [-0.25, -0.2) is 0 Å². The summed E-state index contributed by atoms with van der Waals surface area (Å²) in [5.41, 5.74) is 0.810. The van der Waals surface area contributed by atoms with E-state index in [1.54, 1.807) is 24.3 Å². The lowest BCUT2D eigenvalue weighted by molar-refractivity contribution is -0.357. The summed E-state index contributed by atoms with van der Waals surface area (Å²) in [4.78, 5) is 13.2. The van der Waals surface area contributed by atoms with E-state index in [-0.39, 0.29) is 22.1 Å². The summed E-state index contributed by atoms with van der Waals surface area (Å²) in [6.45, 7) is -1.41. The van der Waals surface area contributed by atoms with Crippen molar-refractivity contribution >= 4 is 11.0 Å². The number of rotatable bonds is 8. The minimum Gasteiger partial charge on any atom is -0.497 e. The number of methoxy groups -OCH3 is 1. The summed E-state index contributed by atoms with van der Waals surface area (Å²) in [6, 6.07) is 11.2. The summed E-state index contributed by atoms with van der Waals surface area (Å²) in [6.07, 6.45) is -14.6. The van der Waals surface area contributed by atoms with Gasteiger partial charge in [-0.15, -0.1) is 0 Å². The van der Waals surface area contributed by atoms with Crippen LogP contribution in [-0.2, 0) is 14.2 Å². The highest BCUT2D eigenvalue weighted by Gasteiger charge is 2.51. The van der Waals surface area contributed by atoms with Gasteiger partial charge < -0.3 is 63.8 Å². The molecule has 3 heterocycles. The number of hydrogen-bond donors (Lipinski definition) is 7. The quantitative estimate of drug-likeness (QED) is 0.158. The van der Waals surface area contributed by atoms with Gasteiger partial charge in [-0.2, -0.15) is 0 Å². The van der Waals surface area contributed by atoms with Gasteiger partial charge in [0.2, 0.25) is 6.29 Å². The van der Waals surface area contributed by atoms with E-state index in [1.807, 2.05) is 0 Å². The summed E-state index contributed by atoms with van der Waals surface area (Å²) in [7, 11) is 1.54. The zero-order chi connectivity index (χ0) is 30.1. The van der Waals surface area contributed by atoms with Crippen molar-refractivity contribution in [1.82, 2.24) is 0 Å². The predicted octanol–water partition coefficient (Wildman–Crippen LogP) is -1.53. The van der Waals surface area contributed by atoms with E-state index in [2.05, 4.69) is 0 Å². The molecule has 14 heteroatoms. The Bertz CT molecular complexity index is 1410. The van der Waals surface area contributed by atoms with Crippen molar-refractivity contribution in [3.63, 3.8) is 0 Å². The second kappa shape index (κ2) is 12.6. The highest BCUT2D eigenvalue weighted by atomic mass is 16.8. The Morgan fingerprint density at radius 2 is 1.38 bits per heavy atom. The van der Waals surface area contributed by atoms with Gasteiger partial charge in [0, 0.05) is 6.07 Å². The van der Waals surface area contributed by atoms with Crippen LogP contribution in [0.25, 0.3) is 22.1 Å². The first-order chi connectivity index (χ1) is 20.2. The Hall–Kier alpha value is -3.15. The summed E-state index contributed by atoms with van der Waals surface area (Å²) in [5.74, 6) is 0.723. The molecule has 5 rings (SSSR count). The molecule has 0 unspecified atom stereocenters. The Morgan fingerprint density at radius 1 is 0.762 bits per heavy atom. The minimum absolute atomic E-state index is 0.0931. The molecule has 0 saturated carbocycles. The summed E-state index contributed by atoms with van der Waals surface area (Å²) >= 11 is 0. The number of aliphatic hydroxyl groups is 7. The molecule has 0 bridgehead atoms. The highest BCUT2D eigenvalue weighted by molar-refractivity contribution is 5.82. The average Bonchev–Trinajstić information content (AvgIpc) is 3.01. The van der Waals surface area contributed by atoms with Crippen molar-refractivity contribution in [3.05, 3.63) is 59.0 Å². The molecule has 1 aromatic heterocycles. The van der Waals surface area contributed by atoms with Crippen LogP contribution in [0.1, 0.15) is 0 Å². The molecular formula is C28H32O14. The SMILES string of the molecule is COc1ccc(-c2coc3cc(O[C@@H]4O[C@H](CO)[C@@H](O)[C@H](O)[C@H]4O[C@H]4O[C@@H](CO)[C@H](O)[C@@H](O)[C@@H]4O)ccc3c2=O)cc1. The minimum atomic E-state index is -1.81. The molecule has 10 atom stereocenters. The molecule has 2 saturated heterocycles. The molecule has 2 aromatic carbocycles. The molecule has 14 nitrogen and oxygen atoms in total. The molecule has 0 spiro atoms. The van der Waals surface area contributed by atoms with Crippen molar-refractivity contribution in [2.75, 3.05) is 20.3 Å². The average molecular weight is 593 g/mol. The molecule has 0 amide bonds. The van der Waals surface area contributed by atoms with E-state index >= 15 is 0 Å². The van der Waals surface area contributed by atoms with E-state index in [0.717, 1.165) is 0 Å². The number of aliphatic hydroxyl groups excluding tert-OH is 7. The van der Waals surface area contributed by atoms with Crippen molar-refractivity contribution in [3.8, 4) is 22.6 Å². The molecule has 3 aromatic rings. The lowest BCUT2D eigenvalue weighted by Gasteiger charge is -2.45. The first-order valence-electron chi connectivity index (χ1n) is 13.1. The third-order valence-corrected chi connectivity index (χ3v) is 7.36. The summed E-state index contributed by atoms with van der Waals surface area (Å²) in [5, 5.41) is 71.2. The number of benzene rings is 2. The topological polar surface area (TPSA) is 218 Å². The van der Waals surface area contributed by atoms with Crippen LogP contribution in [0, 0.1) is 0 Å². The van der Waals surface area contributed by atoms with Gasteiger partial charge in [-0.3, -0.25) is 4.79 Å². The number of ether oxygens (including phenoxy) is 5. The normalized spacial score (nSPS) is 33.4. The Morgan fingerprint density at radius 3 is 2.02 bits per heavy atom. The molecule has 7 N–H and O–H groups in total. The number of fused-ring (bicyclic) bond motifs is 1. The molecule has 0 aliphatic carbocycles. The molecule has 228 valence electrons.